The summed E-state index contributed by atoms with van der Waals surface area (Å²) in [7, 11) is 1.57. The van der Waals surface area contributed by atoms with Crippen LogP contribution in [-0.2, 0) is 18.3 Å². The molecule has 1 aromatic carbocycles. The van der Waals surface area contributed by atoms with Gasteiger partial charge in [-0.05, 0) is 43.7 Å². The maximum Gasteiger partial charge on any atom is 0.263 e. The number of aliphatic hydroxyl groups is 1. The summed E-state index contributed by atoms with van der Waals surface area (Å²) in [6.45, 7) is 4.77. The fourth-order valence-electron chi connectivity index (χ4n) is 4.10. The smallest absolute Gasteiger partial charge is 0.263 e. The van der Waals surface area contributed by atoms with Crippen molar-refractivity contribution >= 4 is 23.2 Å². The number of aryl methyl sites for hydroxylation is 1. The molecule has 1 saturated heterocycles. The van der Waals surface area contributed by atoms with Gasteiger partial charge in [-0.15, -0.1) is 0 Å². The predicted octanol–water partition coefficient (Wildman–Crippen LogP) is 1.54. The van der Waals surface area contributed by atoms with Crippen molar-refractivity contribution in [1.29, 1.82) is 0 Å². The first-order valence-electron chi connectivity index (χ1n) is 11.2. The summed E-state index contributed by atoms with van der Waals surface area (Å²) in [6.07, 6.45) is -0.0439. The zero-order valence-electron chi connectivity index (χ0n) is 19.5. The molecule has 1 aromatic heterocycles. The topological polar surface area (TPSA) is 104 Å². The Bertz CT molecular complexity index is 1170. The number of aromatic nitrogens is 1. The molecule has 0 saturated carbocycles. The number of anilines is 2. The summed E-state index contributed by atoms with van der Waals surface area (Å²) in [4.78, 5) is 41.8. The summed E-state index contributed by atoms with van der Waals surface area (Å²) >= 11 is 0. The molecule has 0 spiro atoms. The Hall–Kier alpha value is -3.24. The highest BCUT2D eigenvalue weighted by Crippen LogP contribution is 2.35. The first-order chi connectivity index (χ1) is 16.1. The maximum atomic E-state index is 14.5. The number of hydrogen-bond acceptors (Lipinski definition) is 6. The van der Waals surface area contributed by atoms with Gasteiger partial charge in [-0.25, -0.2) is 4.39 Å². The number of halogens is 1. The van der Waals surface area contributed by atoms with Crippen LogP contribution < -0.4 is 15.8 Å². The van der Waals surface area contributed by atoms with Crippen molar-refractivity contribution in [3.8, 4) is 0 Å². The largest absolute Gasteiger partial charge is 0.387 e. The summed E-state index contributed by atoms with van der Waals surface area (Å²) in [6, 6.07) is 6.50. The van der Waals surface area contributed by atoms with E-state index in [2.05, 4.69) is 5.32 Å². The van der Waals surface area contributed by atoms with Gasteiger partial charge in [0.25, 0.3) is 17.4 Å². The molecule has 34 heavy (non-hydrogen) atoms. The van der Waals surface area contributed by atoms with Crippen LogP contribution in [-0.4, -0.2) is 71.0 Å². The van der Waals surface area contributed by atoms with Crippen molar-refractivity contribution in [2.45, 2.75) is 32.2 Å². The molecule has 0 bridgehead atoms. The Morgan fingerprint density at radius 1 is 1.26 bits per heavy atom. The van der Waals surface area contributed by atoms with E-state index in [1.165, 1.54) is 29.4 Å². The lowest BCUT2D eigenvalue weighted by molar-refractivity contribution is -0.0159. The van der Waals surface area contributed by atoms with Crippen molar-refractivity contribution in [3.63, 3.8) is 0 Å². The minimum atomic E-state index is -1.61. The van der Waals surface area contributed by atoms with Gasteiger partial charge in [0, 0.05) is 38.4 Å². The molecule has 2 aliphatic rings. The predicted molar refractivity (Wildman–Crippen MR) is 125 cm³/mol. The van der Waals surface area contributed by atoms with Gasteiger partial charge in [-0.2, -0.15) is 0 Å². The summed E-state index contributed by atoms with van der Waals surface area (Å²) in [5.74, 6) is -0.881. The lowest BCUT2D eigenvalue weighted by atomic mass is 10.0. The van der Waals surface area contributed by atoms with Gasteiger partial charge in [-0.1, -0.05) is 0 Å². The van der Waals surface area contributed by atoms with Crippen LogP contribution in [0.5, 0.6) is 0 Å². The fraction of sp³-hybridized carbons (Fsp3) is 0.458. The Morgan fingerprint density at radius 3 is 2.65 bits per heavy atom. The van der Waals surface area contributed by atoms with Crippen molar-refractivity contribution in [3.05, 3.63) is 57.5 Å². The van der Waals surface area contributed by atoms with E-state index in [1.807, 2.05) is 4.90 Å². The van der Waals surface area contributed by atoms with Gasteiger partial charge in [0.15, 0.2) is 0 Å². The number of alkyl halides is 1. The van der Waals surface area contributed by atoms with Crippen LogP contribution >= 0.6 is 0 Å². The number of nitrogens with one attached hydrogen (secondary N) is 1. The number of nitrogens with zero attached hydrogens (tertiary/aromatic N) is 3. The fourth-order valence-corrected chi connectivity index (χ4v) is 4.10. The minimum Gasteiger partial charge on any atom is -0.387 e. The molecule has 1 fully saturated rings. The van der Waals surface area contributed by atoms with Crippen LogP contribution in [0.15, 0.2) is 35.3 Å². The zero-order valence-corrected chi connectivity index (χ0v) is 19.5. The molecule has 9 nitrogen and oxygen atoms in total. The molecule has 3 heterocycles. The molecule has 182 valence electrons. The summed E-state index contributed by atoms with van der Waals surface area (Å²) in [5, 5.41) is 12.8. The normalized spacial score (nSPS) is 17.0. The van der Waals surface area contributed by atoms with Gasteiger partial charge in [0.1, 0.15) is 11.7 Å². The molecule has 2 aliphatic heterocycles. The lowest BCUT2D eigenvalue weighted by Gasteiger charge is -2.31. The van der Waals surface area contributed by atoms with E-state index in [4.69, 9.17) is 4.74 Å². The second-order valence-corrected chi connectivity index (χ2v) is 9.22. The third-order valence-corrected chi connectivity index (χ3v) is 6.22. The molecule has 2 aromatic rings. The lowest BCUT2D eigenvalue weighted by Crippen LogP contribution is -2.42. The van der Waals surface area contributed by atoms with Crippen molar-refractivity contribution in [1.82, 2.24) is 9.47 Å². The number of amides is 2. The zero-order chi connectivity index (χ0) is 24.6. The molecule has 0 aliphatic carbocycles. The van der Waals surface area contributed by atoms with E-state index in [1.54, 1.807) is 31.4 Å². The Labute approximate surface area is 196 Å². The van der Waals surface area contributed by atoms with Crippen LogP contribution in [0, 0.1) is 0 Å². The number of ether oxygens (including phenoxy) is 1. The highest BCUT2D eigenvalue weighted by Gasteiger charge is 2.35. The Balaban J connectivity index is 1.68. The summed E-state index contributed by atoms with van der Waals surface area (Å²) in [5.41, 5.74) is 0.176. The first kappa shape index (κ1) is 23.9. The van der Waals surface area contributed by atoms with E-state index in [9.17, 15) is 23.9 Å². The number of morpholine rings is 1. The van der Waals surface area contributed by atoms with Gasteiger partial charge in [0.2, 0.25) is 0 Å². The highest BCUT2D eigenvalue weighted by atomic mass is 19.1. The Kier molecular flexibility index (Phi) is 6.46. The van der Waals surface area contributed by atoms with E-state index in [0.29, 0.717) is 48.8 Å². The quantitative estimate of drug-likeness (QED) is 0.661. The van der Waals surface area contributed by atoms with Crippen molar-refractivity contribution < 1.29 is 23.8 Å². The second-order valence-electron chi connectivity index (χ2n) is 9.22. The molecular formula is C24H29FN4O5. The number of hydrogen-bond donors (Lipinski definition) is 2. The number of carbonyl (C=O) groups is 2. The molecule has 1 unspecified atom stereocenters. The molecule has 1 atom stereocenters. The third-order valence-electron chi connectivity index (χ3n) is 6.22. The van der Waals surface area contributed by atoms with Crippen LogP contribution in [0.1, 0.15) is 40.1 Å². The van der Waals surface area contributed by atoms with E-state index < -0.39 is 23.2 Å². The monoisotopic (exact) mass is 472 g/mol. The van der Waals surface area contributed by atoms with Crippen molar-refractivity contribution in [2.24, 2.45) is 7.05 Å². The van der Waals surface area contributed by atoms with E-state index >= 15 is 0 Å². The van der Waals surface area contributed by atoms with Crippen LogP contribution in [0.2, 0.25) is 0 Å². The van der Waals surface area contributed by atoms with Crippen LogP contribution in [0.4, 0.5) is 15.8 Å². The standard InChI is InChI=1S/C24H29FN4O5/c1-24(2,33)20(25)14-29-13-15-11-18(26-21(30)16-5-4-6-27(3)22(16)31)19(12-17(15)23(29)32)28-7-9-34-10-8-28/h4-6,11-12,20,33H,7-10,13-14H2,1-3H3,(H,26,30). The Morgan fingerprint density at radius 2 is 1.97 bits per heavy atom. The van der Waals surface area contributed by atoms with E-state index in [-0.39, 0.29) is 24.6 Å². The van der Waals surface area contributed by atoms with Crippen molar-refractivity contribution in [2.75, 3.05) is 43.1 Å². The number of carbonyl (C=O) groups excluding carboxylic acids is 2. The number of rotatable bonds is 6. The third kappa shape index (κ3) is 4.69. The SMILES string of the molecule is Cn1cccc(C(=O)Nc2cc3c(cc2N2CCOCC2)C(=O)N(CC(F)C(C)(C)O)C3)c1=O. The molecule has 4 rings (SSSR count). The highest BCUT2D eigenvalue weighted by molar-refractivity contribution is 6.07. The summed E-state index contributed by atoms with van der Waals surface area (Å²) < 4.78 is 21.2. The molecular weight excluding hydrogens is 443 g/mol. The van der Waals surface area contributed by atoms with Gasteiger partial charge >= 0.3 is 0 Å². The first-order valence-corrected chi connectivity index (χ1v) is 11.2. The number of fused-ring (bicyclic) bond motifs is 1. The van der Waals surface area contributed by atoms with Crippen LogP contribution in [0.3, 0.4) is 0 Å². The maximum absolute atomic E-state index is 14.5. The van der Waals surface area contributed by atoms with E-state index in [0.717, 1.165) is 0 Å². The number of pyridine rings is 1. The molecule has 2 N–H and O–H groups in total. The molecule has 0 radical (unpaired) electrons. The molecule has 10 heteroatoms. The van der Waals surface area contributed by atoms with Gasteiger partial charge < -0.3 is 29.5 Å². The van der Waals surface area contributed by atoms with Gasteiger partial charge in [0.05, 0.1) is 36.7 Å². The van der Waals surface area contributed by atoms with Gasteiger partial charge in [-0.3, -0.25) is 14.4 Å². The second kappa shape index (κ2) is 9.19. The average molecular weight is 473 g/mol. The number of benzene rings is 1. The van der Waals surface area contributed by atoms with Crippen LogP contribution in [0.25, 0.3) is 0 Å². The average Bonchev–Trinajstić information content (AvgIpc) is 3.09. The minimum absolute atomic E-state index is 0.00146. The molecule has 2 amide bonds.